The molecule has 0 saturated heterocycles. The minimum absolute atomic E-state index is 0.146. The molecule has 0 radical (unpaired) electrons. The molecule has 0 aliphatic carbocycles. The largest absolute Gasteiger partial charge is 0.334 e. The molecule has 0 N–H and O–H groups in total. The summed E-state index contributed by atoms with van der Waals surface area (Å²) >= 11 is 5.99. The molecule has 4 aromatic rings. The van der Waals surface area contributed by atoms with E-state index in [4.69, 9.17) is 11.6 Å². The van der Waals surface area contributed by atoms with Crippen molar-refractivity contribution in [1.82, 2.24) is 14.5 Å². The Hall–Kier alpha value is -3.44. The third-order valence-corrected chi connectivity index (χ3v) is 5.47. The molecule has 0 bridgehead atoms. The Kier molecular flexibility index (Phi) is 6.14. The van der Waals surface area contributed by atoms with Crippen molar-refractivity contribution in [2.75, 3.05) is 6.54 Å². The van der Waals surface area contributed by atoms with E-state index in [1.54, 1.807) is 39.9 Å². The second-order valence-corrected chi connectivity index (χ2v) is 7.73. The number of hydrogen-bond donors (Lipinski definition) is 0. The zero-order valence-electron chi connectivity index (χ0n) is 17.2. The van der Waals surface area contributed by atoms with E-state index in [1.807, 2.05) is 55.5 Å². The third-order valence-electron chi connectivity index (χ3n) is 5.22. The van der Waals surface area contributed by atoms with Gasteiger partial charge in [-0.1, -0.05) is 54.1 Å². The van der Waals surface area contributed by atoms with Gasteiger partial charge in [-0.2, -0.15) is 0 Å². The van der Waals surface area contributed by atoms with Crippen molar-refractivity contribution in [1.29, 1.82) is 0 Å². The summed E-state index contributed by atoms with van der Waals surface area (Å²) in [4.78, 5) is 32.9. The van der Waals surface area contributed by atoms with E-state index in [0.29, 0.717) is 30.3 Å². The average molecular weight is 432 g/mol. The quantitative estimate of drug-likeness (QED) is 0.442. The lowest BCUT2D eigenvalue weighted by Gasteiger charge is -2.22. The number of halogens is 1. The zero-order chi connectivity index (χ0) is 21.8. The summed E-state index contributed by atoms with van der Waals surface area (Å²) in [7, 11) is 0. The molecule has 6 heteroatoms. The molecule has 5 nitrogen and oxygen atoms in total. The van der Waals surface area contributed by atoms with Crippen LogP contribution in [0.5, 0.6) is 0 Å². The topological polar surface area (TPSA) is 55.2 Å². The van der Waals surface area contributed by atoms with Crippen LogP contribution in [0.2, 0.25) is 5.02 Å². The van der Waals surface area contributed by atoms with Crippen molar-refractivity contribution >= 4 is 28.5 Å². The van der Waals surface area contributed by atoms with Crippen molar-refractivity contribution < 1.29 is 4.79 Å². The standard InChI is InChI=1S/C25H22ClN3O2/c1-2-28(16-18-7-4-3-5-8-18)24(30)22-15-20-9-6-14-27-23(20)29(25(22)31)17-19-10-12-21(26)13-11-19/h3-15H,2,16-17H2,1H3. The van der Waals surface area contributed by atoms with Gasteiger partial charge in [-0.25, -0.2) is 4.98 Å². The Labute approximate surface area is 185 Å². The van der Waals surface area contributed by atoms with Crippen molar-refractivity contribution in [3.05, 3.63) is 111 Å². The molecule has 2 heterocycles. The highest BCUT2D eigenvalue weighted by Gasteiger charge is 2.21. The summed E-state index contributed by atoms with van der Waals surface area (Å²) in [6.45, 7) is 3.15. The molecule has 31 heavy (non-hydrogen) atoms. The lowest BCUT2D eigenvalue weighted by Crippen LogP contribution is -2.36. The summed E-state index contributed by atoms with van der Waals surface area (Å²) in [5, 5.41) is 1.37. The smallest absolute Gasteiger partial charge is 0.265 e. The van der Waals surface area contributed by atoms with E-state index in [2.05, 4.69) is 4.98 Å². The summed E-state index contributed by atoms with van der Waals surface area (Å²) in [5.41, 5.74) is 2.26. The number of carbonyl (C=O) groups excluding carboxylic acids is 1. The molecule has 0 aliphatic heterocycles. The first-order chi connectivity index (χ1) is 15.1. The van der Waals surface area contributed by atoms with E-state index in [1.165, 1.54) is 0 Å². The fourth-order valence-electron chi connectivity index (χ4n) is 3.58. The first-order valence-corrected chi connectivity index (χ1v) is 10.5. The van der Waals surface area contributed by atoms with Gasteiger partial charge in [-0.05, 0) is 48.4 Å². The molecule has 156 valence electrons. The first-order valence-electron chi connectivity index (χ1n) is 10.1. The normalized spacial score (nSPS) is 10.9. The van der Waals surface area contributed by atoms with Gasteiger partial charge in [0.05, 0.1) is 6.54 Å². The number of hydrogen-bond acceptors (Lipinski definition) is 3. The number of rotatable bonds is 6. The number of carbonyl (C=O) groups is 1. The Morgan fingerprint density at radius 3 is 2.45 bits per heavy atom. The Morgan fingerprint density at radius 2 is 1.74 bits per heavy atom. The molecule has 2 aromatic carbocycles. The van der Waals surface area contributed by atoms with Gasteiger partial charge in [0.1, 0.15) is 11.2 Å². The van der Waals surface area contributed by atoms with E-state index in [-0.39, 0.29) is 17.0 Å². The molecule has 0 unspecified atom stereocenters. The van der Waals surface area contributed by atoms with Crippen LogP contribution in [0.3, 0.4) is 0 Å². The molecule has 4 rings (SSSR count). The zero-order valence-corrected chi connectivity index (χ0v) is 17.9. The number of benzene rings is 2. The van der Waals surface area contributed by atoms with Gasteiger partial charge >= 0.3 is 0 Å². The highest BCUT2D eigenvalue weighted by molar-refractivity contribution is 6.30. The van der Waals surface area contributed by atoms with Crippen LogP contribution in [-0.4, -0.2) is 26.9 Å². The number of fused-ring (bicyclic) bond motifs is 1. The van der Waals surface area contributed by atoms with E-state index in [0.717, 1.165) is 16.5 Å². The Morgan fingerprint density at radius 1 is 1.00 bits per heavy atom. The van der Waals surface area contributed by atoms with Crippen LogP contribution < -0.4 is 5.56 Å². The minimum Gasteiger partial charge on any atom is -0.334 e. The monoisotopic (exact) mass is 431 g/mol. The summed E-state index contributed by atoms with van der Waals surface area (Å²) in [6, 6.07) is 22.4. The minimum atomic E-state index is -0.349. The molecular formula is C25H22ClN3O2. The molecular weight excluding hydrogens is 410 g/mol. The van der Waals surface area contributed by atoms with Crippen LogP contribution >= 0.6 is 11.6 Å². The van der Waals surface area contributed by atoms with Crippen LogP contribution in [0.1, 0.15) is 28.4 Å². The summed E-state index contributed by atoms with van der Waals surface area (Å²) in [6.07, 6.45) is 1.65. The second kappa shape index (κ2) is 9.14. The van der Waals surface area contributed by atoms with Crippen molar-refractivity contribution in [3.63, 3.8) is 0 Å². The third kappa shape index (κ3) is 4.52. The van der Waals surface area contributed by atoms with E-state index < -0.39 is 0 Å². The van der Waals surface area contributed by atoms with Gasteiger partial charge in [0.15, 0.2) is 0 Å². The lowest BCUT2D eigenvalue weighted by atomic mass is 10.1. The number of nitrogens with zero attached hydrogens (tertiary/aromatic N) is 3. The van der Waals surface area contributed by atoms with Crippen molar-refractivity contribution in [2.24, 2.45) is 0 Å². The molecule has 0 spiro atoms. The van der Waals surface area contributed by atoms with Crippen molar-refractivity contribution in [3.8, 4) is 0 Å². The average Bonchev–Trinajstić information content (AvgIpc) is 2.80. The Balaban J connectivity index is 1.77. The van der Waals surface area contributed by atoms with Gasteiger partial charge in [-0.3, -0.25) is 14.2 Å². The maximum atomic E-state index is 13.4. The van der Waals surface area contributed by atoms with Crippen molar-refractivity contribution in [2.45, 2.75) is 20.0 Å². The predicted octanol–water partition coefficient (Wildman–Crippen LogP) is 4.76. The van der Waals surface area contributed by atoms with E-state index in [9.17, 15) is 9.59 Å². The van der Waals surface area contributed by atoms with Crippen LogP contribution in [0, 0.1) is 0 Å². The van der Waals surface area contributed by atoms with Gasteiger partial charge in [0.2, 0.25) is 0 Å². The summed E-state index contributed by atoms with van der Waals surface area (Å²) in [5.74, 6) is -0.285. The fraction of sp³-hybridized carbons (Fsp3) is 0.160. The number of pyridine rings is 2. The maximum absolute atomic E-state index is 13.4. The highest BCUT2D eigenvalue weighted by atomic mass is 35.5. The fourth-order valence-corrected chi connectivity index (χ4v) is 3.71. The SMILES string of the molecule is CCN(Cc1ccccc1)C(=O)c1cc2cccnc2n(Cc2ccc(Cl)cc2)c1=O. The van der Waals surface area contributed by atoms with Crippen LogP contribution in [-0.2, 0) is 13.1 Å². The maximum Gasteiger partial charge on any atom is 0.265 e. The molecule has 0 saturated carbocycles. The summed E-state index contributed by atoms with van der Waals surface area (Å²) < 4.78 is 1.56. The van der Waals surface area contributed by atoms with Crippen LogP contribution in [0.25, 0.3) is 11.0 Å². The molecule has 0 atom stereocenters. The molecule has 2 aromatic heterocycles. The van der Waals surface area contributed by atoms with E-state index >= 15 is 0 Å². The Bertz CT molecular complexity index is 1270. The predicted molar refractivity (Wildman–Crippen MR) is 123 cm³/mol. The lowest BCUT2D eigenvalue weighted by molar-refractivity contribution is 0.0750. The van der Waals surface area contributed by atoms with Crippen LogP contribution in [0.15, 0.2) is 83.8 Å². The molecule has 0 fully saturated rings. The van der Waals surface area contributed by atoms with Crippen LogP contribution in [0.4, 0.5) is 0 Å². The molecule has 0 aliphatic rings. The van der Waals surface area contributed by atoms with Gasteiger partial charge in [-0.15, -0.1) is 0 Å². The highest BCUT2D eigenvalue weighted by Crippen LogP contribution is 2.16. The van der Waals surface area contributed by atoms with Gasteiger partial charge in [0, 0.05) is 29.7 Å². The second-order valence-electron chi connectivity index (χ2n) is 7.30. The number of aromatic nitrogens is 2. The molecule has 1 amide bonds. The van der Waals surface area contributed by atoms with Gasteiger partial charge in [0.25, 0.3) is 11.5 Å². The number of amides is 1. The first kappa shape index (κ1) is 20.8. The van der Waals surface area contributed by atoms with Gasteiger partial charge < -0.3 is 4.90 Å².